The summed E-state index contributed by atoms with van der Waals surface area (Å²) in [6, 6.07) is 4.20. The van der Waals surface area contributed by atoms with Gasteiger partial charge >= 0.3 is 0 Å². The van der Waals surface area contributed by atoms with Crippen molar-refractivity contribution in [1.29, 1.82) is 0 Å². The van der Waals surface area contributed by atoms with Gasteiger partial charge in [0.15, 0.2) is 0 Å². The van der Waals surface area contributed by atoms with Crippen LogP contribution in [0.25, 0.3) is 0 Å². The maximum atomic E-state index is 12.8. The molecule has 0 amide bonds. The van der Waals surface area contributed by atoms with Crippen molar-refractivity contribution < 1.29 is 4.39 Å². The highest BCUT2D eigenvalue weighted by molar-refractivity contribution is 6.33. The maximum Gasteiger partial charge on any atom is 0.207 e. The fourth-order valence-corrected chi connectivity index (χ4v) is 1.66. The van der Waals surface area contributed by atoms with Gasteiger partial charge in [-0.1, -0.05) is 11.6 Å². The quantitative estimate of drug-likeness (QED) is 0.872. The van der Waals surface area contributed by atoms with Crippen molar-refractivity contribution in [1.82, 2.24) is 9.55 Å². The van der Waals surface area contributed by atoms with Crippen LogP contribution in [-0.4, -0.2) is 9.55 Å². The SMILES string of the molecule is Cc1cn(C)c(Nc2ccc(F)cc2Cl)n1. The van der Waals surface area contributed by atoms with Crippen molar-refractivity contribution in [3.63, 3.8) is 0 Å². The van der Waals surface area contributed by atoms with Gasteiger partial charge in [-0.2, -0.15) is 0 Å². The molecule has 5 heteroatoms. The summed E-state index contributed by atoms with van der Waals surface area (Å²) in [5.41, 5.74) is 1.54. The number of nitrogens with one attached hydrogen (secondary N) is 1. The van der Waals surface area contributed by atoms with Crippen molar-refractivity contribution in [3.8, 4) is 0 Å². The molecule has 0 spiro atoms. The monoisotopic (exact) mass is 239 g/mol. The smallest absolute Gasteiger partial charge is 0.207 e. The third kappa shape index (κ3) is 2.17. The van der Waals surface area contributed by atoms with Crippen LogP contribution in [0.5, 0.6) is 0 Å². The summed E-state index contributed by atoms with van der Waals surface area (Å²) >= 11 is 5.90. The van der Waals surface area contributed by atoms with Gasteiger partial charge in [0, 0.05) is 13.2 Å². The lowest BCUT2D eigenvalue weighted by atomic mass is 10.3. The molecule has 16 heavy (non-hydrogen) atoms. The van der Waals surface area contributed by atoms with Gasteiger partial charge in [0.05, 0.1) is 16.4 Å². The van der Waals surface area contributed by atoms with E-state index < -0.39 is 0 Å². The van der Waals surface area contributed by atoms with Crippen LogP contribution < -0.4 is 5.32 Å². The van der Waals surface area contributed by atoms with Crippen LogP contribution in [0.1, 0.15) is 5.69 Å². The van der Waals surface area contributed by atoms with E-state index in [-0.39, 0.29) is 5.82 Å². The first-order valence-corrected chi connectivity index (χ1v) is 5.16. The van der Waals surface area contributed by atoms with Crippen molar-refractivity contribution >= 4 is 23.2 Å². The average Bonchev–Trinajstić information content (AvgIpc) is 2.50. The van der Waals surface area contributed by atoms with Crippen LogP contribution in [0.15, 0.2) is 24.4 Å². The maximum absolute atomic E-state index is 12.8. The predicted octanol–water partition coefficient (Wildman–Crippen LogP) is 3.26. The van der Waals surface area contributed by atoms with Gasteiger partial charge in [0.2, 0.25) is 5.95 Å². The molecule has 1 aromatic carbocycles. The Kier molecular flexibility index (Phi) is 2.83. The minimum Gasteiger partial charge on any atom is -0.324 e. The minimum absolute atomic E-state index is 0.334. The Bertz CT molecular complexity index is 522. The Balaban J connectivity index is 2.30. The average molecular weight is 240 g/mol. The zero-order chi connectivity index (χ0) is 11.7. The second-order valence-corrected chi connectivity index (χ2v) is 3.97. The number of aryl methyl sites for hydroxylation is 2. The molecule has 0 radical (unpaired) electrons. The van der Waals surface area contributed by atoms with Gasteiger partial charge in [-0.3, -0.25) is 0 Å². The van der Waals surface area contributed by atoms with Crippen molar-refractivity contribution in [2.75, 3.05) is 5.32 Å². The molecule has 0 bridgehead atoms. The lowest BCUT2D eigenvalue weighted by molar-refractivity contribution is 0.628. The fourth-order valence-electron chi connectivity index (χ4n) is 1.44. The summed E-state index contributed by atoms with van der Waals surface area (Å²) in [6.45, 7) is 1.90. The zero-order valence-electron chi connectivity index (χ0n) is 8.96. The number of aromatic nitrogens is 2. The van der Waals surface area contributed by atoms with E-state index in [0.717, 1.165) is 5.69 Å². The third-order valence-electron chi connectivity index (χ3n) is 2.17. The number of benzene rings is 1. The van der Waals surface area contributed by atoms with Crippen LogP contribution in [0, 0.1) is 12.7 Å². The summed E-state index contributed by atoms with van der Waals surface area (Å²) < 4.78 is 14.7. The van der Waals surface area contributed by atoms with Gasteiger partial charge in [0.1, 0.15) is 5.82 Å². The highest BCUT2D eigenvalue weighted by Gasteiger charge is 2.06. The van der Waals surface area contributed by atoms with Gasteiger partial charge in [-0.05, 0) is 25.1 Å². The molecule has 1 aromatic heterocycles. The molecule has 0 atom stereocenters. The molecule has 0 saturated heterocycles. The molecular formula is C11H11ClFN3. The van der Waals surface area contributed by atoms with E-state index in [1.165, 1.54) is 12.1 Å². The summed E-state index contributed by atoms with van der Waals surface area (Å²) in [5, 5.41) is 3.38. The molecule has 0 fully saturated rings. The van der Waals surface area contributed by atoms with Crippen LogP contribution in [-0.2, 0) is 7.05 Å². The summed E-state index contributed by atoms with van der Waals surface area (Å²) in [5.74, 6) is 0.317. The second-order valence-electron chi connectivity index (χ2n) is 3.57. The van der Waals surface area contributed by atoms with E-state index in [4.69, 9.17) is 11.6 Å². The Morgan fingerprint density at radius 1 is 1.44 bits per heavy atom. The van der Waals surface area contributed by atoms with E-state index >= 15 is 0 Å². The first-order valence-electron chi connectivity index (χ1n) is 4.78. The van der Waals surface area contributed by atoms with E-state index in [1.54, 1.807) is 6.07 Å². The number of nitrogens with zero attached hydrogens (tertiary/aromatic N) is 2. The molecule has 0 aliphatic heterocycles. The lowest BCUT2D eigenvalue weighted by Crippen LogP contribution is -1.99. The molecule has 0 unspecified atom stereocenters. The lowest BCUT2D eigenvalue weighted by Gasteiger charge is -2.07. The standard InChI is InChI=1S/C11H11ClFN3/c1-7-6-16(2)11(14-7)15-10-4-3-8(13)5-9(10)12/h3-6H,1-2H3,(H,14,15). The highest BCUT2D eigenvalue weighted by atomic mass is 35.5. The summed E-state index contributed by atoms with van der Waals surface area (Å²) in [7, 11) is 1.87. The Morgan fingerprint density at radius 3 is 2.75 bits per heavy atom. The second kappa shape index (κ2) is 4.14. The van der Waals surface area contributed by atoms with Crippen LogP contribution in [0.2, 0.25) is 5.02 Å². The molecule has 84 valence electrons. The third-order valence-corrected chi connectivity index (χ3v) is 2.49. The molecule has 2 aromatic rings. The Hall–Kier alpha value is -1.55. The van der Waals surface area contributed by atoms with Crippen LogP contribution >= 0.6 is 11.6 Å². The molecule has 2 rings (SSSR count). The van der Waals surface area contributed by atoms with Crippen LogP contribution in [0.4, 0.5) is 16.0 Å². The number of imidazole rings is 1. The first-order chi connectivity index (χ1) is 7.56. The van der Waals surface area contributed by atoms with E-state index in [2.05, 4.69) is 10.3 Å². The Morgan fingerprint density at radius 2 is 2.19 bits per heavy atom. The van der Waals surface area contributed by atoms with Crippen molar-refractivity contribution in [3.05, 3.63) is 40.9 Å². The molecule has 0 aliphatic carbocycles. The van der Waals surface area contributed by atoms with Gasteiger partial charge in [-0.15, -0.1) is 0 Å². The number of hydrogen-bond acceptors (Lipinski definition) is 2. The molecule has 1 heterocycles. The van der Waals surface area contributed by atoms with Gasteiger partial charge in [0.25, 0.3) is 0 Å². The summed E-state index contributed by atoms with van der Waals surface area (Å²) in [6.07, 6.45) is 1.89. The largest absolute Gasteiger partial charge is 0.324 e. The number of halogens is 2. The topological polar surface area (TPSA) is 29.9 Å². The summed E-state index contributed by atoms with van der Waals surface area (Å²) in [4.78, 5) is 4.27. The Labute approximate surface area is 97.9 Å². The van der Waals surface area contributed by atoms with Gasteiger partial charge in [-0.25, -0.2) is 9.37 Å². The van der Waals surface area contributed by atoms with Gasteiger partial charge < -0.3 is 9.88 Å². The highest BCUT2D eigenvalue weighted by Crippen LogP contribution is 2.25. The zero-order valence-corrected chi connectivity index (χ0v) is 9.72. The van der Waals surface area contributed by atoms with E-state index in [0.29, 0.717) is 16.7 Å². The molecule has 0 saturated carbocycles. The molecule has 0 aliphatic rings. The van der Waals surface area contributed by atoms with E-state index in [9.17, 15) is 4.39 Å². The normalized spacial score (nSPS) is 10.5. The van der Waals surface area contributed by atoms with Crippen molar-refractivity contribution in [2.24, 2.45) is 7.05 Å². The predicted molar refractivity (Wildman–Crippen MR) is 62.6 cm³/mol. The minimum atomic E-state index is -0.355. The molecular weight excluding hydrogens is 229 g/mol. The fraction of sp³-hybridized carbons (Fsp3) is 0.182. The van der Waals surface area contributed by atoms with Crippen LogP contribution in [0.3, 0.4) is 0 Å². The van der Waals surface area contributed by atoms with Crippen molar-refractivity contribution in [2.45, 2.75) is 6.92 Å². The van der Waals surface area contributed by atoms with E-state index in [1.807, 2.05) is 24.7 Å². The number of rotatable bonds is 2. The molecule has 1 N–H and O–H groups in total. The number of hydrogen-bond donors (Lipinski definition) is 1. The molecule has 3 nitrogen and oxygen atoms in total. The first kappa shape index (κ1) is 11.0. The number of anilines is 2.